The molecule has 0 amide bonds. The first-order chi connectivity index (χ1) is 13.6. The Labute approximate surface area is 163 Å². The maximum Gasteiger partial charge on any atom is 0.346 e. The maximum absolute atomic E-state index is 12.2. The summed E-state index contributed by atoms with van der Waals surface area (Å²) in [6.07, 6.45) is 3.41. The summed E-state index contributed by atoms with van der Waals surface area (Å²) in [6, 6.07) is 18.2. The van der Waals surface area contributed by atoms with Crippen LogP contribution in [-0.2, 0) is 19.1 Å². The molecule has 0 radical (unpaired) electrons. The zero-order chi connectivity index (χ0) is 19.9. The van der Waals surface area contributed by atoms with Crippen molar-refractivity contribution in [3.8, 4) is 6.26 Å². The standard InChI is InChI=1S/C22H20N2O4/c1-24-14-13-17(16-7-3-2-4-8-16)18-9-5-6-10-19(18)22(24)28-21(26)12-11-20(25)27-15-23/h2-12,17,22H,13-14H2,1H3/b12-11-. The molecule has 2 aromatic rings. The van der Waals surface area contributed by atoms with Gasteiger partial charge in [-0.2, -0.15) is 0 Å². The van der Waals surface area contributed by atoms with Gasteiger partial charge in [-0.25, -0.2) is 9.59 Å². The lowest BCUT2D eigenvalue weighted by Crippen LogP contribution is -2.28. The Morgan fingerprint density at radius 1 is 1.04 bits per heavy atom. The Morgan fingerprint density at radius 2 is 1.68 bits per heavy atom. The van der Waals surface area contributed by atoms with Crippen molar-refractivity contribution in [1.82, 2.24) is 4.90 Å². The van der Waals surface area contributed by atoms with Crippen LogP contribution in [0.5, 0.6) is 0 Å². The minimum Gasteiger partial charge on any atom is -0.439 e. The van der Waals surface area contributed by atoms with E-state index < -0.39 is 18.2 Å². The first-order valence-corrected chi connectivity index (χ1v) is 8.92. The Hall–Kier alpha value is -3.43. The van der Waals surface area contributed by atoms with Gasteiger partial charge in [0.2, 0.25) is 0 Å². The van der Waals surface area contributed by atoms with Crippen LogP contribution in [0.2, 0.25) is 0 Å². The molecule has 3 rings (SSSR count). The van der Waals surface area contributed by atoms with Crippen molar-refractivity contribution in [2.75, 3.05) is 13.6 Å². The molecule has 2 unspecified atom stereocenters. The average Bonchev–Trinajstić information content (AvgIpc) is 2.85. The van der Waals surface area contributed by atoms with Crippen LogP contribution >= 0.6 is 0 Å². The number of carbonyl (C=O) groups excluding carboxylic acids is 2. The van der Waals surface area contributed by atoms with E-state index in [1.165, 1.54) is 11.8 Å². The highest BCUT2D eigenvalue weighted by Gasteiger charge is 2.30. The van der Waals surface area contributed by atoms with Gasteiger partial charge in [0.1, 0.15) is 0 Å². The molecule has 6 heteroatoms. The number of nitriles is 1. The van der Waals surface area contributed by atoms with E-state index in [1.807, 2.05) is 48.3 Å². The SMILES string of the molecule is CN1CCC(c2ccccc2)c2ccccc2C1OC(=O)/C=C\C(=O)OC#N. The molecule has 0 aliphatic carbocycles. The average molecular weight is 376 g/mol. The van der Waals surface area contributed by atoms with Gasteiger partial charge in [0.05, 0.1) is 0 Å². The first-order valence-electron chi connectivity index (χ1n) is 8.92. The van der Waals surface area contributed by atoms with E-state index in [0.717, 1.165) is 36.2 Å². The summed E-state index contributed by atoms with van der Waals surface area (Å²) in [5.41, 5.74) is 3.25. The molecule has 1 heterocycles. The molecule has 1 aliphatic heterocycles. The van der Waals surface area contributed by atoms with Crippen LogP contribution < -0.4 is 0 Å². The van der Waals surface area contributed by atoms with Crippen molar-refractivity contribution in [3.05, 3.63) is 83.4 Å². The topological polar surface area (TPSA) is 79.6 Å². The third-order valence-corrected chi connectivity index (χ3v) is 4.74. The zero-order valence-electron chi connectivity index (χ0n) is 15.4. The van der Waals surface area contributed by atoms with Gasteiger partial charge < -0.3 is 9.47 Å². The Morgan fingerprint density at radius 3 is 2.39 bits per heavy atom. The van der Waals surface area contributed by atoms with Gasteiger partial charge >= 0.3 is 11.9 Å². The van der Waals surface area contributed by atoms with Crippen LogP contribution in [0.15, 0.2) is 66.7 Å². The van der Waals surface area contributed by atoms with Crippen LogP contribution in [0.25, 0.3) is 0 Å². The van der Waals surface area contributed by atoms with Gasteiger partial charge in [-0.1, -0.05) is 54.6 Å². The van der Waals surface area contributed by atoms with Crippen molar-refractivity contribution in [2.24, 2.45) is 0 Å². The van der Waals surface area contributed by atoms with E-state index in [1.54, 1.807) is 0 Å². The number of fused-ring (bicyclic) bond motifs is 1. The van der Waals surface area contributed by atoms with Crippen molar-refractivity contribution < 1.29 is 19.1 Å². The number of esters is 2. The maximum atomic E-state index is 12.2. The number of benzene rings is 2. The molecule has 0 bridgehead atoms. The monoisotopic (exact) mass is 376 g/mol. The number of nitrogens with zero attached hydrogens (tertiary/aromatic N) is 2. The van der Waals surface area contributed by atoms with E-state index in [9.17, 15) is 9.59 Å². The molecule has 2 aromatic carbocycles. The largest absolute Gasteiger partial charge is 0.439 e. The lowest BCUT2D eigenvalue weighted by Gasteiger charge is -2.26. The molecule has 0 saturated carbocycles. The number of rotatable bonds is 4. The van der Waals surface area contributed by atoms with Crippen LogP contribution in [0.3, 0.4) is 0 Å². The van der Waals surface area contributed by atoms with E-state index >= 15 is 0 Å². The van der Waals surface area contributed by atoms with Crippen molar-refractivity contribution in [1.29, 1.82) is 5.26 Å². The van der Waals surface area contributed by atoms with Crippen molar-refractivity contribution >= 4 is 11.9 Å². The smallest absolute Gasteiger partial charge is 0.346 e. The molecule has 0 N–H and O–H groups in total. The molecular weight excluding hydrogens is 356 g/mol. The molecule has 0 saturated heterocycles. The molecule has 0 spiro atoms. The molecule has 1 aliphatic rings. The molecule has 0 fully saturated rings. The highest BCUT2D eigenvalue weighted by atomic mass is 16.6. The van der Waals surface area contributed by atoms with Crippen molar-refractivity contribution in [3.63, 3.8) is 0 Å². The summed E-state index contributed by atoms with van der Waals surface area (Å²) >= 11 is 0. The molecule has 28 heavy (non-hydrogen) atoms. The second-order valence-corrected chi connectivity index (χ2v) is 6.50. The van der Waals surface area contributed by atoms with Crippen LogP contribution in [0.1, 0.15) is 35.3 Å². The summed E-state index contributed by atoms with van der Waals surface area (Å²) in [5.74, 6) is -1.40. The highest BCUT2D eigenvalue weighted by molar-refractivity contribution is 5.92. The number of hydrogen-bond donors (Lipinski definition) is 0. The zero-order valence-corrected chi connectivity index (χ0v) is 15.4. The fourth-order valence-electron chi connectivity index (χ4n) is 3.45. The van der Waals surface area contributed by atoms with Gasteiger partial charge in [0.15, 0.2) is 6.23 Å². The predicted octanol–water partition coefficient (Wildman–Crippen LogP) is 3.28. The minimum atomic E-state index is -0.918. The van der Waals surface area contributed by atoms with Gasteiger partial charge in [0.25, 0.3) is 6.26 Å². The minimum absolute atomic E-state index is 0.199. The second kappa shape index (κ2) is 8.98. The lowest BCUT2D eigenvalue weighted by atomic mass is 9.86. The summed E-state index contributed by atoms with van der Waals surface area (Å²) in [5, 5.41) is 8.31. The van der Waals surface area contributed by atoms with Gasteiger partial charge in [-0.15, -0.1) is 5.26 Å². The Balaban J connectivity index is 1.88. The molecule has 142 valence electrons. The summed E-state index contributed by atoms with van der Waals surface area (Å²) in [7, 11) is 1.90. The van der Waals surface area contributed by atoms with E-state index in [4.69, 9.17) is 10.00 Å². The third kappa shape index (κ3) is 4.45. The van der Waals surface area contributed by atoms with Crippen LogP contribution in [-0.4, -0.2) is 30.4 Å². The summed E-state index contributed by atoms with van der Waals surface area (Å²) in [6.45, 7) is 0.729. The number of ether oxygens (including phenoxy) is 2. The highest BCUT2D eigenvalue weighted by Crippen LogP contribution is 2.38. The molecule has 6 nitrogen and oxygen atoms in total. The molecule has 2 atom stereocenters. The lowest BCUT2D eigenvalue weighted by molar-refractivity contribution is -0.153. The second-order valence-electron chi connectivity index (χ2n) is 6.50. The van der Waals surface area contributed by atoms with Gasteiger partial charge in [-0.05, 0) is 24.6 Å². The van der Waals surface area contributed by atoms with Crippen molar-refractivity contribution in [2.45, 2.75) is 18.6 Å². The normalized spacial score (nSPS) is 19.3. The number of carbonyl (C=O) groups is 2. The fraction of sp³-hybridized carbons (Fsp3) is 0.227. The van der Waals surface area contributed by atoms with E-state index in [2.05, 4.69) is 22.9 Å². The Bertz CT molecular complexity index is 918. The fourth-order valence-corrected chi connectivity index (χ4v) is 3.45. The van der Waals surface area contributed by atoms with Gasteiger partial charge in [-0.3, -0.25) is 4.90 Å². The van der Waals surface area contributed by atoms with E-state index in [0.29, 0.717) is 0 Å². The molecular formula is C22H20N2O4. The first kappa shape index (κ1) is 19.3. The Kier molecular flexibility index (Phi) is 6.20. The van der Waals surface area contributed by atoms with Crippen LogP contribution in [0, 0.1) is 11.5 Å². The van der Waals surface area contributed by atoms with E-state index in [-0.39, 0.29) is 5.92 Å². The third-order valence-electron chi connectivity index (χ3n) is 4.74. The summed E-state index contributed by atoms with van der Waals surface area (Å²) in [4.78, 5) is 25.4. The van der Waals surface area contributed by atoms with Gasteiger partial charge in [0, 0.05) is 30.2 Å². The summed E-state index contributed by atoms with van der Waals surface area (Å²) < 4.78 is 9.74. The quantitative estimate of drug-likeness (QED) is 0.463. The van der Waals surface area contributed by atoms with Crippen LogP contribution in [0.4, 0.5) is 0 Å². The number of hydrogen-bond acceptors (Lipinski definition) is 6. The predicted molar refractivity (Wildman–Crippen MR) is 102 cm³/mol. The molecule has 0 aromatic heterocycles.